The standard InChI is InChI=1S/C9H9ClN2O3/c10-5-6-11(7-13)8-3-1-2-4-9(8)12(14)15/h1-4,7H,5-6H2. The van der Waals surface area contributed by atoms with E-state index in [2.05, 4.69) is 0 Å². The van der Waals surface area contributed by atoms with E-state index in [-0.39, 0.29) is 23.8 Å². The van der Waals surface area contributed by atoms with Gasteiger partial charge in [0.05, 0.1) is 4.92 Å². The molecule has 0 heterocycles. The number of carbonyl (C=O) groups is 1. The van der Waals surface area contributed by atoms with Crippen molar-refractivity contribution in [3.63, 3.8) is 0 Å². The van der Waals surface area contributed by atoms with Crippen LogP contribution in [0.15, 0.2) is 24.3 Å². The van der Waals surface area contributed by atoms with Crippen molar-refractivity contribution in [3.05, 3.63) is 34.4 Å². The monoisotopic (exact) mass is 228 g/mol. The molecular weight excluding hydrogens is 220 g/mol. The van der Waals surface area contributed by atoms with Crippen LogP contribution in [0.25, 0.3) is 0 Å². The average Bonchev–Trinajstić information content (AvgIpc) is 2.26. The Morgan fingerprint density at radius 1 is 1.47 bits per heavy atom. The van der Waals surface area contributed by atoms with Crippen molar-refractivity contribution >= 4 is 29.4 Å². The molecule has 6 heteroatoms. The average molecular weight is 229 g/mol. The molecular formula is C9H9ClN2O3. The fourth-order valence-electron chi connectivity index (χ4n) is 1.18. The van der Waals surface area contributed by atoms with Crippen LogP contribution in [0, 0.1) is 10.1 Å². The maximum atomic E-state index is 10.7. The number of nitro benzene ring substituents is 1. The first-order valence-corrected chi connectivity index (χ1v) is 4.75. The molecule has 1 aromatic rings. The number of nitrogens with zero attached hydrogens (tertiary/aromatic N) is 2. The normalized spacial score (nSPS) is 9.67. The van der Waals surface area contributed by atoms with Gasteiger partial charge in [-0.2, -0.15) is 0 Å². The summed E-state index contributed by atoms with van der Waals surface area (Å²) in [6, 6.07) is 6.04. The van der Waals surface area contributed by atoms with Gasteiger partial charge in [-0.3, -0.25) is 14.9 Å². The van der Waals surface area contributed by atoms with Crippen molar-refractivity contribution in [2.75, 3.05) is 17.3 Å². The third-order valence-electron chi connectivity index (χ3n) is 1.84. The van der Waals surface area contributed by atoms with E-state index >= 15 is 0 Å². The number of para-hydroxylation sites is 2. The van der Waals surface area contributed by atoms with Gasteiger partial charge >= 0.3 is 0 Å². The molecule has 0 aliphatic carbocycles. The number of hydrogen-bond donors (Lipinski definition) is 0. The predicted octanol–water partition coefficient (Wildman–Crippen LogP) is 1.80. The summed E-state index contributed by atoms with van der Waals surface area (Å²) in [5, 5.41) is 10.7. The minimum Gasteiger partial charge on any atom is -0.308 e. The molecule has 0 radical (unpaired) electrons. The number of hydrogen-bond acceptors (Lipinski definition) is 3. The highest BCUT2D eigenvalue weighted by molar-refractivity contribution is 6.18. The van der Waals surface area contributed by atoms with E-state index in [1.54, 1.807) is 12.1 Å². The smallest absolute Gasteiger partial charge is 0.292 e. The van der Waals surface area contributed by atoms with Gasteiger partial charge in [0, 0.05) is 18.5 Å². The third kappa shape index (κ3) is 2.66. The summed E-state index contributed by atoms with van der Waals surface area (Å²) in [6.07, 6.45) is 0.532. The van der Waals surface area contributed by atoms with Gasteiger partial charge in [0.1, 0.15) is 5.69 Å². The van der Waals surface area contributed by atoms with Gasteiger partial charge in [-0.1, -0.05) is 12.1 Å². The molecule has 80 valence electrons. The Hall–Kier alpha value is -1.62. The molecule has 0 N–H and O–H groups in total. The van der Waals surface area contributed by atoms with Crippen molar-refractivity contribution in [1.29, 1.82) is 0 Å². The summed E-state index contributed by atoms with van der Waals surface area (Å²) in [6.45, 7) is 0.246. The van der Waals surface area contributed by atoms with Gasteiger partial charge in [0.2, 0.25) is 6.41 Å². The first-order valence-electron chi connectivity index (χ1n) is 4.22. The summed E-state index contributed by atoms with van der Waals surface area (Å²) in [5.74, 6) is 0.227. The zero-order valence-corrected chi connectivity index (χ0v) is 8.55. The van der Waals surface area contributed by atoms with Crippen molar-refractivity contribution in [1.82, 2.24) is 0 Å². The number of carbonyl (C=O) groups excluding carboxylic acids is 1. The molecule has 0 saturated carbocycles. The Kier molecular flexibility index (Phi) is 4.05. The SMILES string of the molecule is O=CN(CCCl)c1ccccc1[N+](=O)[O-]. The number of rotatable bonds is 5. The second-order valence-corrected chi connectivity index (χ2v) is 3.11. The number of alkyl halides is 1. The molecule has 0 aromatic heterocycles. The lowest BCUT2D eigenvalue weighted by Crippen LogP contribution is -2.24. The lowest BCUT2D eigenvalue weighted by molar-refractivity contribution is -0.384. The number of anilines is 1. The van der Waals surface area contributed by atoms with E-state index in [1.165, 1.54) is 17.0 Å². The minimum atomic E-state index is -0.528. The Labute approximate surface area is 91.4 Å². The molecule has 0 spiro atoms. The third-order valence-corrected chi connectivity index (χ3v) is 2.01. The number of amides is 1. The lowest BCUT2D eigenvalue weighted by atomic mass is 10.2. The fraction of sp³-hybridized carbons (Fsp3) is 0.222. The Balaban J connectivity index is 3.10. The second kappa shape index (κ2) is 5.31. The summed E-state index contributed by atoms with van der Waals surface area (Å²) in [4.78, 5) is 22.1. The van der Waals surface area contributed by atoms with Crippen LogP contribution in [0.2, 0.25) is 0 Å². The van der Waals surface area contributed by atoms with Gasteiger partial charge in [0.15, 0.2) is 0 Å². The van der Waals surface area contributed by atoms with E-state index in [4.69, 9.17) is 11.6 Å². The van der Waals surface area contributed by atoms with Gasteiger partial charge in [-0.15, -0.1) is 11.6 Å². The number of halogens is 1. The predicted molar refractivity (Wildman–Crippen MR) is 57.2 cm³/mol. The quantitative estimate of drug-likeness (QED) is 0.334. The molecule has 0 saturated heterocycles. The van der Waals surface area contributed by atoms with Crippen LogP contribution in [0.1, 0.15) is 0 Å². The largest absolute Gasteiger partial charge is 0.308 e. The van der Waals surface area contributed by atoms with E-state index in [9.17, 15) is 14.9 Å². The number of nitro groups is 1. The topological polar surface area (TPSA) is 63.5 Å². The molecule has 1 rings (SSSR count). The molecule has 0 unspecified atom stereocenters. The van der Waals surface area contributed by atoms with Crippen molar-refractivity contribution < 1.29 is 9.72 Å². The molecule has 0 fully saturated rings. The first kappa shape index (κ1) is 11.5. The van der Waals surface area contributed by atoms with Crippen LogP contribution in [-0.2, 0) is 4.79 Å². The van der Waals surface area contributed by atoms with Gasteiger partial charge in [0.25, 0.3) is 5.69 Å². The van der Waals surface area contributed by atoms with Crippen LogP contribution in [0.4, 0.5) is 11.4 Å². The van der Waals surface area contributed by atoms with Gasteiger partial charge in [-0.05, 0) is 6.07 Å². The highest BCUT2D eigenvalue weighted by Crippen LogP contribution is 2.26. The van der Waals surface area contributed by atoms with Crippen LogP contribution in [0.5, 0.6) is 0 Å². The Bertz CT molecular complexity index is 370. The second-order valence-electron chi connectivity index (χ2n) is 2.73. The van der Waals surface area contributed by atoms with Gasteiger partial charge in [-0.25, -0.2) is 0 Å². The van der Waals surface area contributed by atoms with Gasteiger partial charge < -0.3 is 4.90 Å². The molecule has 15 heavy (non-hydrogen) atoms. The maximum absolute atomic E-state index is 10.7. The van der Waals surface area contributed by atoms with Crippen molar-refractivity contribution in [3.8, 4) is 0 Å². The van der Waals surface area contributed by atoms with E-state index in [0.717, 1.165) is 0 Å². The number of benzene rings is 1. The molecule has 0 atom stereocenters. The van der Waals surface area contributed by atoms with Crippen LogP contribution < -0.4 is 4.90 Å². The van der Waals surface area contributed by atoms with Crippen LogP contribution in [0.3, 0.4) is 0 Å². The maximum Gasteiger partial charge on any atom is 0.292 e. The molecule has 5 nitrogen and oxygen atoms in total. The summed E-state index contributed by atoms with van der Waals surface area (Å²) < 4.78 is 0. The van der Waals surface area contributed by atoms with Crippen molar-refractivity contribution in [2.45, 2.75) is 0 Å². The highest BCUT2D eigenvalue weighted by atomic mass is 35.5. The summed E-state index contributed by atoms with van der Waals surface area (Å²) in [5.41, 5.74) is 0.160. The first-order chi connectivity index (χ1) is 7.20. The van der Waals surface area contributed by atoms with Crippen LogP contribution >= 0.6 is 11.6 Å². The summed E-state index contributed by atoms with van der Waals surface area (Å²) >= 11 is 5.49. The van der Waals surface area contributed by atoms with E-state index in [1.807, 2.05) is 0 Å². The van der Waals surface area contributed by atoms with Crippen LogP contribution in [-0.4, -0.2) is 23.8 Å². The zero-order chi connectivity index (χ0) is 11.3. The molecule has 0 bridgehead atoms. The van der Waals surface area contributed by atoms with E-state index in [0.29, 0.717) is 6.41 Å². The van der Waals surface area contributed by atoms with Crippen molar-refractivity contribution in [2.24, 2.45) is 0 Å². The molecule has 0 aliphatic rings. The molecule has 1 aromatic carbocycles. The molecule has 1 amide bonds. The summed E-state index contributed by atoms with van der Waals surface area (Å²) in [7, 11) is 0. The lowest BCUT2D eigenvalue weighted by Gasteiger charge is -2.15. The minimum absolute atomic E-state index is 0.102. The zero-order valence-electron chi connectivity index (χ0n) is 7.80. The Morgan fingerprint density at radius 2 is 2.13 bits per heavy atom. The van der Waals surface area contributed by atoms with E-state index < -0.39 is 4.92 Å². The molecule has 0 aliphatic heterocycles. The highest BCUT2D eigenvalue weighted by Gasteiger charge is 2.17. The Morgan fingerprint density at radius 3 is 2.67 bits per heavy atom. The fourth-order valence-corrected chi connectivity index (χ4v) is 1.36.